The summed E-state index contributed by atoms with van der Waals surface area (Å²) in [5.74, 6) is -1.00. The Morgan fingerprint density at radius 2 is 1.20 bits per heavy atom. The molecular formula is C20H33N9O15S2. The molecule has 5 atom stereocenters. The van der Waals surface area contributed by atoms with E-state index in [4.69, 9.17) is 23.6 Å². The predicted molar refractivity (Wildman–Crippen MR) is 143 cm³/mol. The van der Waals surface area contributed by atoms with Gasteiger partial charge < -0.3 is 9.80 Å². The molecule has 6 heterocycles. The van der Waals surface area contributed by atoms with Crippen LogP contribution in [-0.4, -0.2) is 145 Å². The molecule has 6 aliphatic heterocycles. The number of hydrogen-bond acceptors (Lipinski definition) is 16. The van der Waals surface area contributed by atoms with E-state index >= 15 is 0 Å². The lowest BCUT2D eigenvalue weighted by Crippen LogP contribution is -2.50. The van der Waals surface area contributed by atoms with Crippen LogP contribution in [0.1, 0.15) is 25.7 Å². The first kappa shape index (κ1) is 34.3. The zero-order chi connectivity index (χ0) is 33.2. The Bertz CT molecular complexity index is 1290. The monoisotopic (exact) mass is 703 g/mol. The molecule has 1 unspecified atom stereocenters. The fraction of sp³-hybridized carbons (Fsp3) is 0.800. The lowest BCUT2D eigenvalue weighted by atomic mass is 10.0. The number of piperidine rings is 2. The topological polar surface area (TPSA) is 296 Å². The first-order valence-electron chi connectivity index (χ1n) is 13.9. The van der Waals surface area contributed by atoms with Crippen LogP contribution in [0, 0.1) is 0 Å². The second kappa shape index (κ2) is 14.0. The van der Waals surface area contributed by atoms with Crippen LogP contribution in [0.2, 0.25) is 0 Å². The van der Waals surface area contributed by atoms with Gasteiger partial charge in [0.05, 0.1) is 25.2 Å². The van der Waals surface area contributed by atoms with Gasteiger partial charge in [0.2, 0.25) is 0 Å². The molecule has 6 rings (SSSR count). The Balaban J connectivity index is 0.000000181. The molecule has 6 saturated heterocycles. The number of urea groups is 2. The van der Waals surface area contributed by atoms with Gasteiger partial charge in [0, 0.05) is 26.2 Å². The number of hydrazine groups is 1. The van der Waals surface area contributed by atoms with Crippen LogP contribution in [0.15, 0.2) is 0 Å². The van der Waals surface area contributed by atoms with Crippen molar-refractivity contribution in [3.05, 3.63) is 0 Å². The largest absolute Gasteiger partial charge is 0.418 e. The van der Waals surface area contributed by atoms with Crippen LogP contribution < -0.4 is 27.3 Å². The first-order valence-corrected chi connectivity index (χ1v) is 16.7. The van der Waals surface area contributed by atoms with E-state index in [-0.39, 0.29) is 31.9 Å². The van der Waals surface area contributed by atoms with Gasteiger partial charge in [0.25, 0.3) is 11.8 Å². The van der Waals surface area contributed by atoms with Crippen molar-refractivity contribution in [3.63, 3.8) is 0 Å². The first-order chi connectivity index (χ1) is 21.7. The zero-order valence-electron chi connectivity index (χ0n) is 23.8. The number of amides is 6. The van der Waals surface area contributed by atoms with Crippen molar-refractivity contribution in [2.24, 2.45) is 0 Å². The highest BCUT2D eigenvalue weighted by molar-refractivity contribution is 7.81. The molecule has 0 aromatic rings. The van der Waals surface area contributed by atoms with Crippen molar-refractivity contribution in [1.82, 2.24) is 47.2 Å². The van der Waals surface area contributed by atoms with E-state index in [2.05, 4.69) is 35.9 Å². The number of fused-ring (bicyclic) bond motifs is 4. The maximum Gasteiger partial charge on any atom is 0.418 e. The highest BCUT2D eigenvalue weighted by Gasteiger charge is 2.50. The van der Waals surface area contributed by atoms with Gasteiger partial charge in [0.15, 0.2) is 0 Å². The predicted octanol–water partition coefficient (Wildman–Crippen LogP) is -4.55. The van der Waals surface area contributed by atoms with Gasteiger partial charge in [-0.05, 0) is 25.7 Å². The van der Waals surface area contributed by atoms with Gasteiger partial charge >= 0.3 is 32.9 Å². The number of rotatable bonds is 10. The minimum Gasteiger partial charge on any atom is -0.309 e. The summed E-state index contributed by atoms with van der Waals surface area (Å²) < 4.78 is 69.2. The van der Waals surface area contributed by atoms with Gasteiger partial charge in [-0.25, -0.2) is 20.5 Å². The van der Waals surface area contributed by atoms with Gasteiger partial charge in [0.1, 0.15) is 24.3 Å². The standard InChI is InChI=1S/C10H17N5O7S.C10H16N4O8S/c16-9(13-21-7-3-11-12-4-7)8-2-1-6-5-14(8)10(17)15(6)22-23(18,19)20;15-9(12-21-7-3-11-20-5-7)8-2-1-6-4-13(8)10(16)14(6)22-23(17,18)19/h6-8,11-12H,1-5H2,(H,13,16)(H,18,19,20);6-8,11H,1-5H2,(H,12,15)(H,17,18,19)/t6-,8+;6-,7?,8+/m11/s1. The number of nitrogens with one attached hydrogen (secondary N) is 5. The Hall–Kier alpha value is -3.02. The summed E-state index contributed by atoms with van der Waals surface area (Å²) >= 11 is 0. The minimum absolute atomic E-state index is 0.126. The fourth-order valence-electron chi connectivity index (χ4n) is 5.59. The van der Waals surface area contributed by atoms with Crippen molar-refractivity contribution < 1.29 is 68.2 Å². The Labute approximate surface area is 261 Å². The van der Waals surface area contributed by atoms with Crippen LogP contribution in [0.5, 0.6) is 0 Å². The van der Waals surface area contributed by atoms with E-state index in [0.29, 0.717) is 55.4 Å². The SMILES string of the molecule is O=C(NOC1CNNC1)[C@@H]1CC[C@@H]2CN1C(=O)N2OS(=O)(=O)O.O=C(NOC1CNOC1)[C@@H]1CC[C@@H]2CN1C(=O)N2OS(=O)(=O)O. The molecule has 260 valence electrons. The van der Waals surface area contributed by atoms with Gasteiger partial charge in [-0.1, -0.05) is 0 Å². The Kier molecular flexibility index (Phi) is 10.4. The normalized spacial score (nSPS) is 29.7. The van der Waals surface area contributed by atoms with E-state index in [0.717, 1.165) is 0 Å². The average Bonchev–Trinajstić information content (AvgIpc) is 3.79. The summed E-state index contributed by atoms with van der Waals surface area (Å²) in [5.41, 5.74) is 12.9. The van der Waals surface area contributed by atoms with Gasteiger partial charge in [-0.15, -0.1) is 8.57 Å². The molecule has 7 N–H and O–H groups in total. The number of carbonyl (C=O) groups is 4. The smallest absolute Gasteiger partial charge is 0.309 e. The summed E-state index contributed by atoms with van der Waals surface area (Å²) in [5, 5.41) is 1.17. The van der Waals surface area contributed by atoms with Crippen LogP contribution in [0.4, 0.5) is 9.59 Å². The third kappa shape index (κ3) is 8.27. The van der Waals surface area contributed by atoms with Crippen LogP contribution >= 0.6 is 0 Å². The molecule has 26 heteroatoms. The molecule has 0 aromatic carbocycles. The summed E-state index contributed by atoms with van der Waals surface area (Å²) in [7, 11) is -9.60. The molecule has 0 saturated carbocycles. The van der Waals surface area contributed by atoms with E-state index in [1.54, 1.807) is 0 Å². The van der Waals surface area contributed by atoms with Crippen molar-refractivity contribution >= 4 is 44.7 Å². The van der Waals surface area contributed by atoms with E-state index < -0.39 is 68.8 Å². The maximum absolute atomic E-state index is 12.2. The highest BCUT2D eigenvalue weighted by Crippen LogP contribution is 2.32. The Morgan fingerprint density at radius 3 is 1.61 bits per heavy atom. The number of hydrogen-bond donors (Lipinski definition) is 7. The van der Waals surface area contributed by atoms with Gasteiger partial charge in [-0.3, -0.25) is 44.1 Å². The zero-order valence-corrected chi connectivity index (χ0v) is 25.5. The molecule has 6 fully saturated rings. The molecule has 6 amide bonds. The van der Waals surface area contributed by atoms with E-state index in [9.17, 15) is 36.0 Å². The highest BCUT2D eigenvalue weighted by atomic mass is 32.3. The second-order valence-corrected chi connectivity index (χ2v) is 12.9. The average molecular weight is 704 g/mol. The number of hydroxylamine groups is 7. The molecule has 6 aliphatic rings. The maximum atomic E-state index is 12.2. The van der Waals surface area contributed by atoms with E-state index in [1.807, 2.05) is 0 Å². The minimum atomic E-state index is -4.81. The van der Waals surface area contributed by atoms with Crippen LogP contribution in [-0.2, 0) is 53.5 Å². The third-order valence-corrected chi connectivity index (χ3v) is 8.42. The van der Waals surface area contributed by atoms with Crippen molar-refractivity contribution in [3.8, 4) is 0 Å². The van der Waals surface area contributed by atoms with Crippen molar-refractivity contribution in [1.29, 1.82) is 0 Å². The van der Waals surface area contributed by atoms with Crippen LogP contribution in [0.25, 0.3) is 0 Å². The molecule has 0 aliphatic carbocycles. The molecule has 46 heavy (non-hydrogen) atoms. The second-order valence-electron chi connectivity index (χ2n) is 10.9. The lowest BCUT2D eigenvalue weighted by Gasteiger charge is -2.29. The summed E-state index contributed by atoms with van der Waals surface area (Å²) in [4.78, 5) is 66.3. The molecule has 4 bridgehead atoms. The van der Waals surface area contributed by atoms with Gasteiger partial charge in [-0.2, -0.15) is 32.4 Å². The van der Waals surface area contributed by atoms with Crippen molar-refractivity contribution in [2.45, 2.75) is 62.1 Å². The lowest BCUT2D eigenvalue weighted by molar-refractivity contribution is -0.143. The quantitative estimate of drug-likeness (QED) is 0.0832. The fourth-order valence-corrected chi connectivity index (χ4v) is 6.37. The summed E-state index contributed by atoms with van der Waals surface area (Å²) in [6.07, 6.45) is 0.814. The Morgan fingerprint density at radius 1 is 0.739 bits per heavy atom. The molecule has 0 spiro atoms. The number of carbonyl (C=O) groups excluding carboxylic acids is 4. The number of nitrogens with zero attached hydrogens (tertiary/aromatic N) is 4. The molecule has 24 nitrogen and oxygen atoms in total. The summed E-state index contributed by atoms with van der Waals surface area (Å²) in [6.45, 7) is 2.04. The summed E-state index contributed by atoms with van der Waals surface area (Å²) in [6, 6.07) is -4.23. The van der Waals surface area contributed by atoms with E-state index in [1.165, 1.54) is 9.80 Å². The molecule has 0 aromatic heterocycles. The molecular weight excluding hydrogens is 670 g/mol. The third-order valence-electron chi connectivity index (χ3n) is 7.72. The van der Waals surface area contributed by atoms with Crippen LogP contribution in [0.3, 0.4) is 0 Å². The molecule has 0 radical (unpaired) electrons. The van der Waals surface area contributed by atoms with Crippen molar-refractivity contribution in [2.75, 3.05) is 39.3 Å².